The summed E-state index contributed by atoms with van der Waals surface area (Å²) in [4.78, 5) is 21.7. The van der Waals surface area contributed by atoms with Gasteiger partial charge in [-0.25, -0.2) is 0 Å². The van der Waals surface area contributed by atoms with Gasteiger partial charge in [0.1, 0.15) is 12.6 Å². The van der Waals surface area contributed by atoms with E-state index in [1.807, 2.05) is 0 Å². The van der Waals surface area contributed by atoms with Gasteiger partial charge in [0, 0.05) is 11.1 Å². The summed E-state index contributed by atoms with van der Waals surface area (Å²) in [5, 5.41) is 0. The molecule has 0 aliphatic rings. The van der Waals surface area contributed by atoms with E-state index in [4.69, 9.17) is 18.9 Å². The van der Waals surface area contributed by atoms with Gasteiger partial charge in [-0.2, -0.15) is 0 Å². The van der Waals surface area contributed by atoms with Crippen LogP contribution in [-0.2, 0) is 0 Å². The van der Waals surface area contributed by atoms with E-state index >= 15 is 0 Å². The molecule has 0 radical (unpaired) electrons. The highest BCUT2D eigenvalue weighted by atomic mass is 16.5. The van der Waals surface area contributed by atoms with E-state index in [1.54, 1.807) is 50.6 Å². The first-order valence-corrected chi connectivity index (χ1v) is 11.2. The molecule has 0 heterocycles. The Balaban J connectivity index is 1.48. The molecule has 0 unspecified atom stereocenters. The van der Waals surface area contributed by atoms with E-state index in [0.717, 1.165) is 38.3 Å². The molecule has 0 fully saturated rings. The number of rotatable bonds is 17. The third-order valence-corrected chi connectivity index (χ3v) is 5.20. The molecule has 2 aromatic carbocycles. The Labute approximate surface area is 190 Å². The van der Waals surface area contributed by atoms with Crippen LogP contribution in [0.2, 0.25) is 0 Å². The topological polar surface area (TPSA) is 71.1 Å². The fraction of sp³-hybridized carbons (Fsp3) is 0.462. The highest BCUT2D eigenvalue weighted by Gasteiger charge is 2.06. The minimum atomic E-state index is 0.578. The van der Waals surface area contributed by atoms with E-state index in [9.17, 15) is 9.59 Å². The maximum absolute atomic E-state index is 10.8. The molecule has 0 atom stereocenters. The Morgan fingerprint density at radius 1 is 0.562 bits per heavy atom. The SMILES string of the molecule is COc1cc(C=O)ccc1OCCCCCCCCCCOc1ccc(C=O)cc1OC. The third kappa shape index (κ3) is 8.61. The van der Waals surface area contributed by atoms with Crippen LogP contribution in [0.3, 0.4) is 0 Å². The average Bonchev–Trinajstić information content (AvgIpc) is 2.84. The Kier molecular flexibility index (Phi) is 11.7. The lowest BCUT2D eigenvalue weighted by Gasteiger charge is -2.11. The minimum Gasteiger partial charge on any atom is -0.493 e. The molecular formula is C26H34O6. The zero-order valence-corrected chi connectivity index (χ0v) is 19.1. The molecule has 0 aliphatic heterocycles. The normalized spacial score (nSPS) is 10.4. The summed E-state index contributed by atoms with van der Waals surface area (Å²) in [6, 6.07) is 10.4. The van der Waals surface area contributed by atoms with Crippen LogP contribution in [0, 0.1) is 0 Å². The molecule has 2 rings (SSSR count). The molecule has 6 heteroatoms. The smallest absolute Gasteiger partial charge is 0.161 e. The van der Waals surface area contributed by atoms with Crippen LogP contribution < -0.4 is 18.9 Å². The minimum absolute atomic E-state index is 0.578. The Morgan fingerprint density at radius 3 is 1.28 bits per heavy atom. The van der Waals surface area contributed by atoms with Gasteiger partial charge in [0.05, 0.1) is 27.4 Å². The summed E-state index contributed by atoms with van der Waals surface area (Å²) in [5.41, 5.74) is 1.16. The standard InChI is InChI=1S/C26H34O6/c1-29-25-17-21(19-27)11-13-23(25)31-15-9-7-5-3-4-6-8-10-16-32-24-14-12-22(20-28)18-26(24)30-2/h11-14,17-20H,3-10,15-16H2,1-2H3. The molecule has 0 aliphatic carbocycles. The van der Waals surface area contributed by atoms with Crippen molar-refractivity contribution in [3.8, 4) is 23.0 Å². The maximum atomic E-state index is 10.8. The maximum Gasteiger partial charge on any atom is 0.161 e. The van der Waals surface area contributed by atoms with E-state index < -0.39 is 0 Å². The fourth-order valence-corrected chi connectivity index (χ4v) is 3.38. The quantitative estimate of drug-likeness (QED) is 0.224. The molecule has 2 aromatic rings. The molecule has 0 aromatic heterocycles. The second-order valence-electron chi connectivity index (χ2n) is 7.58. The monoisotopic (exact) mass is 442 g/mol. The van der Waals surface area contributed by atoms with E-state index in [-0.39, 0.29) is 0 Å². The van der Waals surface area contributed by atoms with Gasteiger partial charge in [0.15, 0.2) is 23.0 Å². The molecule has 0 saturated heterocycles. The van der Waals surface area contributed by atoms with Crippen molar-refractivity contribution in [2.75, 3.05) is 27.4 Å². The number of carbonyl (C=O) groups is 2. The lowest BCUT2D eigenvalue weighted by molar-refractivity contribution is 0.111. The van der Waals surface area contributed by atoms with Crippen molar-refractivity contribution < 1.29 is 28.5 Å². The predicted octanol–water partition coefficient (Wildman–Crippen LogP) is 5.91. The molecule has 0 bridgehead atoms. The molecule has 0 N–H and O–H groups in total. The van der Waals surface area contributed by atoms with Crippen LogP contribution in [0.5, 0.6) is 23.0 Å². The first kappa shape index (κ1) is 25.2. The molecule has 0 amide bonds. The zero-order chi connectivity index (χ0) is 23.0. The van der Waals surface area contributed by atoms with Gasteiger partial charge in [0.2, 0.25) is 0 Å². The van der Waals surface area contributed by atoms with Gasteiger partial charge in [-0.15, -0.1) is 0 Å². The van der Waals surface area contributed by atoms with Crippen LogP contribution in [0.25, 0.3) is 0 Å². The Hall–Kier alpha value is -3.02. The second-order valence-corrected chi connectivity index (χ2v) is 7.58. The summed E-state index contributed by atoms with van der Waals surface area (Å²) in [6.45, 7) is 1.29. The largest absolute Gasteiger partial charge is 0.493 e. The van der Waals surface area contributed by atoms with E-state index in [1.165, 1.54) is 25.7 Å². The molecule has 6 nitrogen and oxygen atoms in total. The van der Waals surface area contributed by atoms with Gasteiger partial charge in [0.25, 0.3) is 0 Å². The van der Waals surface area contributed by atoms with Crippen LogP contribution in [0.4, 0.5) is 0 Å². The van der Waals surface area contributed by atoms with Crippen molar-refractivity contribution in [1.82, 2.24) is 0 Å². The summed E-state index contributed by atoms with van der Waals surface area (Å²) in [7, 11) is 3.15. The highest BCUT2D eigenvalue weighted by Crippen LogP contribution is 2.28. The molecule has 0 saturated carbocycles. The number of hydrogen-bond donors (Lipinski definition) is 0. The number of hydrogen-bond acceptors (Lipinski definition) is 6. The van der Waals surface area contributed by atoms with Crippen molar-refractivity contribution in [2.45, 2.75) is 51.4 Å². The van der Waals surface area contributed by atoms with Gasteiger partial charge >= 0.3 is 0 Å². The third-order valence-electron chi connectivity index (χ3n) is 5.20. The predicted molar refractivity (Wildman–Crippen MR) is 125 cm³/mol. The molecular weight excluding hydrogens is 408 g/mol. The summed E-state index contributed by atoms with van der Waals surface area (Å²) >= 11 is 0. The van der Waals surface area contributed by atoms with E-state index in [2.05, 4.69) is 0 Å². The van der Waals surface area contributed by atoms with Gasteiger partial charge < -0.3 is 18.9 Å². The molecule has 174 valence electrons. The number of benzene rings is 2. The Morgan fingerprint density at radius 2 is 0.938 bits per heavy atom. The Bertz CT molecular complexity index is 764. The second kappa shape index (κ2) is 14.9. The first-order chi connectivity index (χ1) is 15.7. The number of unbranched alkanes of at least 4 members (excludes halogenated alkanes) is 7. The van der Waals surface area contributed by atoms with Crippen LogP contribution in [0.15, 0.2) is 36.4 Å². The van der Waals surface area contributed by atoms with Crippen LogP contribution >= 0.6 is 0 Å². The summed E-state index contributed by atoms with van der Waals surface area (Å²) in [6.07, 6.45) is 10.7. The first-order valence-electron chi connectivity index (χ1n) is 11.2. The van der Waals surface area contributed by atoms with Gasteiger partial charge in [-0.1, -0.05) is 38.5 Å². The lowest BCUT2D eigenvalue weighted by Crippen LogP contribution is -2.00. The molecule has 0 spiro atoms. The van der Waals surface area contributed by atoms with Crippen LogP contribution in [0.1, 0.15) is 72.1 Å². The number of aldehydes is 2. The van der Waals surface area contributed by atoms with Gasteiger partial charge in [-0.05, 0) is 49.2 Å². The van der Waals surface area contributed by atoms with Gasteiger partial charge in [-0.3, -0.25) is 9.59 Å². The summed E-state index contributed by atoms with van der Waals surface area (Å²) in [5.74, 6) is 2.54. The van der Waals surface area contributed by atoms with E-state index in [0.29, 0.717) is 47.3 Å². The van der Waals surface area contributed by atoms with Crippen molar-refractivity contribution in [1.29, 1.82) is 0 Å². The summed E-state index contributed by atoms with van der Waals surface area (Å²) < 4.78 is 22.1. The van der Waals surface area contributed by atoms with Crippen molar-refractivity contribution in [3.05, 3.63) is 47.5 Å². The number of ether oxygens (including phenoxy) is 4. The van der Waals surface area contributed by atoms with Crippen molar-refractivity contribution >= 4 is 12.6 Å². The van der Waals surface area contributed by atoms with Crippen LogP contribution in [-0.4, -0.2) is 40.0 Å². The molecule has 32 heavy (non-hydrogen) atoms. The average molecular weight is 443 g/mol. The number of methoxy groups -OCH3 is 2. The van der Waals surface area contributed by atoms with Crippen molar-refractivity contribution in [2.24, 2.45) is 0 Å². The lowest BCUT2D eigenvalue weighted by atomic mass is 10.1. The number of carbonyl (C=O) groups excluding carboxylic acids is 2. The fourth-order valence-electron chi connectivity index (χ4n) is 3.38. The zero-order valence-electron chi connectivity index (χ0n) is 19.1. The van der Waals surface area contributed by atoms with Crippen molar-refractivity contribution in [3.63, 3.8) is 0 Å². The highest BCUT2D eigenvalue weighted by molar-refractivity contribution is 5.76.